The first-order valence-electron chi connectivity index (χ1n) is 5.11. The molecule has 0 fully saturated rings. The summed E-state index contributed by atoms with van der Waals surface area (Å²) in [4.78, 5) is 12.2. The van der Waals surface area contributed by atoms with Crippen LogP contribution in [0.4, 0.5) is 18.9 Å². The standard InChI is InChI=1S/C12H7BrF3NOS/c1-5-4-8(19-11(5)13)12(18)17-7-3-2-6(14)9(15)10(7)16/h2-4H,1H3,(H,17,18). The monoisotopic (exact) mass is 349 g/mol. The molecule has 0 saturated heterocycles. The summed E-state index contributed by atoms with van der Waals surface area (Å²) in [6.07, 6.45) is 0. The van der Waals surface area contributed by atoms with Crippen molar-refractivity contribution in [2.24, 2.45) is 0 Å². The van der Waals surface area contributed by atoms with Crippen LogP contribution in [0.15, 0.2) is 22.0 Å². The number of hydrogen-bond acceptors (Lipinski definition) is 2. The van der Waals surface area contributed by atoms with Gasteiger partial charge in [0.1, 0.15) is 0 Å². The van der Waals surface area contributed by atoms with Crippen LogP contribution in [-0.4, -0.2) is 5.91 Å². The second-order valence-electron chi connectivity index (χ2n) is 3.74. The number of benzene rings is 1. The number of halogens is 4. The van der Waals surface area contributed by atoms with E-state index in [4.69, 9.17) is 0 Å². The predicted molar refractivity (Wildman–Crippen MR) is 71.0 cm³/mol. The molecule has 1 aromatic carbocycles. The van der Waals surface area contributed by atoms with Gasteiger partial charge in [0.2, 0.25) is 0 Å². The van der Waals surface area contributed by atoms with Crippen molar-refractivity contribution in [3.63, 3.8) is 0 Å². The zero-order valence-electron chi connectivity index (χ0n) is 9.56. The third kappa shape index (κ3) is 2.82. The van der Waals surface area contributed by atoms with E-state index in [1.165, 1.54) is 11.3 Å². The summed E-state index contributed by atoms with van der Waals surface area (Å²) in [5, 5.41) is 2.20. The van der Waals surface area contributed by atoms with Crippen LogP contribution in [0.5, 0.6) is 0 Å². The van der Waals surface area contributed by atoms with Gasteiger partial charge in [0, 0.05) is 0 Å². The summed E-state index contributed by atoms with van der Waals surface area (Å²) < 4.78 is 39.9. The van der Waals surface area contributed by atoms with Gasteiger partial charge in [0.15, 0.2) is 17.5 Å². The number of hydrogen-bond donors (Lipinski definition) is 1. The van der Waals surface area contributed by atoms with E-state index in [-0.39, 0.29) is 0 Å². The number of carbonyl (C=O) groups excluding carboxylic acids is 1. The van der Waals surface area contributed by atoms with Crippen molar-refractivity contribution in [1.29, 1.82) is 0 Å². The first kappa shape index (κ1) is 14.1. The summed E-state index contributed by atoms with van der Waals surface area (Å²) in [7, 11) is 0. The zero-order valence-corrected chi connectivity index (χ0v) is 12.0. The highest BCUT2D eigenvalue weighted by atomic mass is 79.9. The lowest BCUT2D eigenvalue weighted by Crippen LogP contribution is -2.12. The van der Waals surface area contributed by atoms with E-state index in [0.717, 1.165) is 21.5 Å². The van der Waals surface area contributed by atoms with Crippen LogP contribution < -0.4 is 5.32 Å². The van der Waals surface area contributed by atoms with Crippen LogP contribution in [-0.2, 0) is 0 Å². The van der Waals surface area contributed by atoms with Gasteiger partial charge in [-0.1, -0.05) is 0 Å². The van der Waals surface area contributed by atoms with Crippen LogP contribution in [0.1, 0.15) is 15.2 Å². The molecule has 0 aliphatic heterocycles. The molecule has 100 valence electrons. The maximum Gasteiger partial charge on any atom is 0.265 e. The van der Waals surface area contributed by atoms with Crippen LogP contribution in [0.2, 0.25) is 0 Å². The van der Waals surface area contributed by atoms with Gasteiger partial charge in [-0.3, -0.25) is 4.79 Å². The van der Waals surface area contributed by atoms with Gasteiger partial charge in [-0.2, -0.15) is 0 Å². The molecule has 7 heteroatoms. The number of thiophene rings is 1. The fraction of sp³-hybridized carbons (Fsp3) is 0.0833. The van der Waals surface area contributed by atoms with Gasteiger partial charge in [0.25, 0.3) is 5.91 Å². The molecule has 0 radical (unpaired) electrons. The summed E-state index contributed by atoms with van der Waals surface area (Å²) in [5.74, 6) is -4.91. The van der Waals surface area contributed by atoms with Crippen molar-refractivity contribution in [3.05, 3.63) is 49.9 Å². The molecule has 1 amide bonds. The van der Waals surface area contributed by atoms with Gasteiger partial charge in [0.05, 0.1) is 14.4 Å². The molecule has 2 rings (SSSR count). The molecule has 0 unspecified atom stereocenters. The van der Waals surface area contributed by atoms with E-state index in [0.29, 0.717) is 4.88 Å². The lowest BCUT2D eigenvalue weighted by atomic mass is 10.2. The first-order chi connectivity index (χ1) is 8.90. The second-order valence-corrected chi connectivity index (χ2v) is 6.11. The van der Waals surface area contributed by atoms with Crippen LogP contribution >= 0.6 is 27.3 Å². The van der Waals surface area contributed by atoms with Crippen molar-refractivity contribution < 1.29 is 18.0 Å². The van der Waals surface area contributed by atoms with Gasteiger partial charge >= 0.3 is 0 Å². The smallest absolute Gasteiger partial charge is 0.265 e. The largest absolute Gasteiger partial charge is 0.319 e. The van der Waals surface area contributed by atoms with E-state index in [1.54, 1.807) is 13.0 Å². The highest BCUT2D eigenvalue weighted by Gasteiger charge is 2.17. The lowest BCUT2D eigenvalue weighted by molar-refractivity contribution is 0.103. The number of anilines is 1. The molecule has 0 aliphatic carbocycles. The van der Waals surface area contributed by atoms with Gasteiger partial charge in [-0.05, 0) is 46.6 Å². The first-order valence-corrected chi connectivity index (χ1v) is 6.72. The van der Waals surface area contributed by atoms with E-state index in [1.807, 2.05) is 0 Å². The molecule has 0 saturated carbocycles. The van der Waals surface area contributed by atoms with Crippen LogP contribution in [0.3, 0.4) is 0 Å². The fourth-order valence-electron chi connectivity index (χ4n) is 1.38. The Morgan fingerprint density at radius 2 is 1.95 bits per heavy atom. The van der Waals surface area contributed by atoms with E-state index >= 15 is 0 Å². The molecule has 1 heterocycles. The Bertz CT molecular complexity index is 637. The molecule has 0 spiro atoms. The average molecular weight is 350 g/mol. The number of amides is 1. The van der Waals surface area contributed by atoms with Crippen LogP contribution in [0, 0.1) is 24.4 Å². The third-order valence-corrected chi connectivity index (χ3v) is 4.50. The van der Waals surface area contributed by atoms with Gasteiger partial charge in [-0.25, -0.2) is 13.2 Å². The molecule has 1 aromatic heterocycles. The topological polar surface area (TPSA) is 29.1 Å². The number of rotatable bonds is 2. The maximum atomic E-state index is 13.4. The predicted octanol–water partition coefficient (Wildman–Crippen LogP) is 4.49. The van der Waals surface area contributed by atoms with Gasteiger partial charge in [-0.15, -0.1) is 11.3 Å². The Balaban J connectivity index is 2.27. The summed E-state index contributed by atoms with van der Waals surface area (Å²) >= 11 is 4.43. The maximum absolute atomic E-state index is 13.4. The Morgan fingerprint density at radius 1 is 1.26 bits per heavy atom. The van der Waals surface area contributed by atoms with Crippen molar-refractivity contribution in [2.75, 3.05) is 5.32 Å². The van der Waals surface area contributed by atoms with Gasteiger partial charge < -0.3 is 5.32 Å². The minimum atomic E-state index is -1.61. The summed E-state index contributed by atoms with van der Waals surface area (Å²) in [5.41, 5.74) is 0.465. The number of carbonyl (C=O) groups is 1. The molecule has 2 aromatic rings. The number of aryl methyl sites for hydroxylation is 1. The summed E-state index contributed by atoms with van der Waals surface area (Å²) in [6.45, 7) is 1.80. The quantitative estimate of drug-likeness (QED) is 0.795. The van der Waals surface area contributed by atoms with Crippen molar-refractivity contribution in [1.82, 2.24) is 0 Å². The van der Waals surface area contributed by atoms with E-state index in [2.05, 4.69) is 21.2 Å². The molecule has 0 bridgehead atoms. The minimum absolute atomic E-state index is 0.341. The Kier molecular flexibility index (Phi) is 3.96. The highest BCUT2D eigenvalue weighted by molar-refractivity contribution is 9.11. The average Bonchev–Trinajstić information content (AvgIpc) is 2.70. The highest BCUT2D eigenvalue weighted by Crippen LogP contribution is 2.28. The molecular formula is C12H7BrF3NOS. The fourth-order valence-corrected chi connectivity index (χ4v) is 2.81. The molecule has 1 N–H and O–H groups in total. The number of nitrogens with one attached hydrogen (secondary N) is 1. The zero-order chi connectivity index (χ0) is 14.2. The Labute approximate surface area is 119 Å². The van der Waals surface area contributed by atoms with E-state index < -0.39 is 29.0 Å². The molecule has 0 aliphatic rings. The van der Waals surface area contributed by atoms with Crippen molar-refractivity contribution in [3.8, 4) is 0 Å². The normalized spacial score (nSPS) is 10.6. The molecule has 19 heavy (non-hydrogen) atoms. The Morgan fingerprint density at radius 3 is 2.53 bits per heavy atom. The Hall–Kier alpha value is -1.34. The molecule has 0 atom stereocenters. The van der Waals surface area contributed by atoms with Crippen molar-refractivity contribution in [2.45, 2.75) is 6.92 Å². The SMILES string of the molecule is Cc1cc(C(=O)Nc2ccc(F)c(F)c2F)sc1Br. The van der Waals surface area contributed by atoms with E-state index in [9.17, 15) is 18.0 Å². The van der Waals surface area contributed by atoms with Crippen LogP contribution in [0.25, 0.3) is 0 Å². The molecular weight excluding hydrogens is 343 g/mol. The lowest BCUT2D eigenvalue weighted by Gasteiger charge is -2.05. The minimum Gasteiger partial charge on any atom is -0.319 e. The molecule has 2 nitrogen and oxygen atoms in total. The van der Waals surface area contributed by atoms with Crippen molar-refractivity contribution >= 4 is 38.9 Å². The summed E-state index contributed by atoms with van der Waals surface area (Å²) in [6, 6.07) is 3.34. The second kappa shape index (κ2) is 5.34. The third-order valence-electron chi connectivity index (χ3n) is 2.36.